The van der Waals surface area contributed by atoms with E-state index in [2.05, 4.69) is 26.0 Å². The molecule has 4 rings (SSSR count). The summed E-state index contributed by atoms with van der Waals surface area (Å²) < 4.78 is 23.5. The highest BCUT2D eigenvalue weighted by Gasteiger charge is 2.29. The van der Waals surface area contributed by atoms with Crippen LogP contribution in [0, 0.1) is 0 Å². The molecule has 0 saturated heterocycles. The topological polar surface area (TPSA) is 89.0 Å². The Kier molecular flexibility index (Phi) is 7.25. The number of methoxy groups -OCH3 is 2. The largest absolute Gasteiger partial charge is 0.493 e. The van der Waals surface area contributed by atoms with E-state index in [0.29, 0.717) is 45.9 Å². The molecule has 0 spiro atoms. The first-order valence-corrected chi connectivity index (χ1v) is 11.8. The Morgan fingerprint density at radius 1 is 0.583 bits per heavy atom. The first kappa shape index (κ1) is 24.8. The summed E-state index contributed by atoms with van der Waals surface area (Å²) in [7, 11) is 3.29. The lowest BCUT2D eigenvalue weighted by atomic mass is 9.74. The summed E-state index contributed by atoms with van der Waals surface area (Å²) in [5, 5.41) is 0. The van der Waals surface area contributed by atoms with Gasteiger partial charge in [-0.2, -0.15) is 0 Å². The maximum atomic E-state index is 6.05. The van der Waals surface area contributed by atoms with Crippen molar-refractivity contribution < 1.29 is 18.9 Å². The van der Waals surface area contributed by atoms with Gasteiger partial charge in [0.2, 0.25) is 0 Å². The third-order valence-electron chi connectivity index (χ3n) is 6.52. The molecule has 6 nitrogen and oxygen atoms in total. The van der Waals surface area contributed by atoms with Crippen LogP contribution in [0.3, 0.4) is 0 Å². The van der Waals surface area contributed by atoms with E-state index in [-0.39, 0.29) is 5.41 Å². The van der Waals surface area contributed by atoms with Crippen molar-refractivity contribution in [1.82, 2.24) is 0 Å². The molecule has 0 radical (unpaired) electrons. The van der Waals surface area contributed by atoms with Gasteiger partial charge in [0.15, 0.2) is 23.0 Å². The number of rotatable bonds is 9. The second kappa shape index (κ2) is 10.5. The molecule has 0 saturated carbocycles. The van der Waals surface area contributed by atoms with E-state index in [1.54, 1.807) is 38.5 Å². The van der Waals surface area contributed by atoms with Crippen LogP contribution in [0.15, 0.2) is 84.9 Å². The van der Waals surface area contributed by atoms with Gasteiger partial charge >= 0.3 is 0 Å². The fourth-order valence-electron chi connectivity index (χ4n) is 4.09. The number of nitrogen functional groups attached to an aromatic ring is 2. The lowest BCUT2D eigenvalue weighted by molar-refractivity contribution is 0.374. The minimum absolute atomic E-state index is 0.306. The lowest BCUT2D eigenvalue weighted by Gasteiger charge is -2.31. The zero-order valence-corrected chi connectivity index (χ0v) is 21.1. The zero-order valence-electron chi connectivity index (χ0n) is 21.1. The summed E-state index contributed by atoms with van der Waals surface area (Å²) in [5.41, 5.74) is 14.8. The lowest BCUT2D eigenvalue weighted by Crippen LogP contribution is -2.22. The van der Waals surface area contributed by atoms with Crippen LogP contribution in [0.4, 0.5) is 11.4 Å². The molecule has 0 aliphatic rings. The molecule has 0 heterocycles. The maximum Gasteiger partial charge on any atom is 0.169 e. The van der Waals surface area contributed by atoms with Crippen molar-refractivity contribution in [3.63, 3.8) is 0 Å². The average molecular weight is 485 g/mol. The van der Waals surface area contributed by atoms with Crippen LogP contribution in [-0.4, -0.2) is 14.2 Å². The Morgan fingerprint density at radius 3 is 1.31 bits per heavy atom. The summed E-state index contributed by atoms with van der Waals surface area (Å²) in [6.07, 6.45) is 0.857. The monoisotopic (exact) mass is 484 g/mol. The molecule has 4 N–H and O–H groups in total. The van der Waals surface area contributed by atoms with Gasteiger partial charge < -0.3 is 30.4 Å². The Labute approximate surface area is 212 Å². The van der Waals surface area contributed by atoms with Crippen LogP contribution in [-0.2, 0) is 5.41 Å². The SMILES string of the molecule is CCC(C)(c1ccc(Oc2ccc(N)cc2)c(OC)c1)c1ccc(Oc2ccc(N)cc2)c(OC)c1. The predicted octanol–water partition coefficient (Wildman–Crippen LogP) is 7.17. The van der Waals surface area contributed by atoms with Crippen molar-refractivity contribution >= 4 is 11.4 Å². The molecule has 0 fully saturated rings. The standard InChI is InChI=1S/C30H32N2O4/c1-5-30(2,20-6-16-26(28(18-20)33-3)35-24-12-8-22(31)9-13-24)21-7-17-27(29(19-21)34-4)36-25-14-10-23(32)11-15-25/h6-19H,5,31-32H2,1-4H3. The summed E-state index contributed by atoms with van der Waals surface area (Å²) in [5.74, 6) is 3.95. The third kappa shape index (κ3) is 5.18. The normalized spacial score (nSPS) is 11.1. The predicted molar refractivity (Wildman–Crippen MR) is 145 cm³/mol. The highest BCUT2D eigenvalue weighted by Crippen LogP contribution is 2.43. The van der Waals surface area contributed by atoms with E-state index in [9.17, 15) is 0 Å². The van der Waals surface area contributed by atoms with Crippen molar-refractivity contribution in [3.8, 4) is 34.5 Å². The average Bonchev–Trinajstić information content (AvgIpc) is 2.91. The van der Waals surface area contributed by atoms with Crippen LogP contribution >= 0.6 is 0 Å². The third-order valence-corrected chi connectivity index (χ3v) is 6.52. The van der Waals surface area contributed by atoms with E-state index >= 15 is 0 Å². The molecular weight excluding hydrogens is 452 g/mol. The molecule has 186 valence electrons. The van der Waals surface area contributed by atoms with Gasteiger partial charge in [-0.1, -0.05) is 26.0 Å². The molecule has 0 aliphatic heterocycles. The Balaban J connectivity index is 1.65. The molecule has 4 aromatic rings. The van der Waals surface area contributed by atoms with Crippen molar-refractivity contribution in [3.05, 3.63) is 96.1 Å². The van der Waals surface area contributed by atoms with Gasteiger partial charge in [-0.05, 0) is 90.3 Å². The van der Waals surface area contributed by atoms with Gasteiger partial charge in [0.05, 0.1) is 14.2 Å². The van der Waals surface area contributed by atoms with E-state index < -0.39 is 0 Å². The number of benzene rings is 4. The smallest absolute Gasteiger partial charge is 0.169 e. The quantitative estimate of drug-likeness (QED) is 0.245. The van der Waals surface area contributed by atoms with Gasteiger partial charge in [-0.25, -0.2) is 0 Å². The zero-order chi connectivity index (χ0) is 25.7. The van der Waals surface area contributed by atoms with Gasteiger partial charge in [-0.3, -0.25) is 0 Å². The molecule has 4 aromatic carbocycles. The van der Waals surface area contributed by atoms with Crippen molar-refractivity contribution in [2.24, 2.45) is 0 Å². The van der Waals surface area contributed by atoms with Crippen molar-refractivity contribution in [1.29, 1.82) is 0 Å². The number of nitrogens with two attached hydrogens (primary N) is 2. The number of ether oxygens (including phenoxy) is 4. The van der Waals surface area contributed by atoms with Gasteiger partial charge in [0.1, 0.15) is 11.5 Å². The minimum Gasteiger partial charge on any atom is -0.493 e. The summed E-state index contributed by atoms with van der Waals surface area (Å²) >= 11 is 0. The highest BCUT2D eigenvalue weighted by molar-refractivity contribution is 5.54. The summed E-state index contributed by atoms with van der Waals surface area (Å²) in [6, 6.07) is 26.6. The Morgan fingerprint density at radius 2 is 0.972 bits per heavy atom. The fourth-order valence-corrected chi connectivity index (χ4v) is 4.09. The number of anilines is 2. The number of hydrogen-bond acceptors (Lipinski definition) is 6. The van der Waals surface area contributed by atoms with Crippen LogP contribution in [0.25, 0.3) is 0 Å². The van der Waals surface area contributed by atoms with Crippen LogP contribution in [0.1, 0.15) is 31.4 Å². The summed E-state index contributed by atoms with van der Waals surface area (Å²) in [6.45, 7) is 4.37. The Hall–Kier alpha value is -4.32. The maximum absolute atomic E-state index is 6.05. The number of hydrogen-bond donors (Lipinski definition) is 2. The molecule has 0 atom stereocenters. The Bertz CT molecular complexity index is 1220. The van der Waals surface area contributed by atoms with Crippen LogP contribution in [0.2, 0.25) is 0 Å². The first-order chi connectivity index (χ1) is 17.4. The molecule has 0 bridgehead atoms. The molecule has 0 amide bonds. The van der Waals surface area contributed by atoms with Crippen LogP contribution in [0.5, 0.6) is 34.5 Å². The highest BCUT2D eigenvalue weighted by atomic mass is 16.5. The van der Waals surface area contributed by atoms with E-state index in [4.69, 9.17) is 30.4 Å². The van der Waals surface area contributed by atoms with Crippen molar-refractivity contribution in [2.45, 2.75) is 25.7 Å². The van der Waals surface area contributed by atoms with E-state index in [0.717, 1.165) is 17.5 Å². The van der Waals surface area contributed by atoms with Crippen molar-refractivity contribution in [2.75, 3.05) is 25.7 Å². The van der Waals surface area contributed by atoms with Gasteiger partial charge in [-0.15, -0.1) is 0 Å². The van der Waals surface area contributed by atoms with E-state index in [1.807, 2.05) is 48.5 Å². The first-order valence-electron chi connectivity index (χ1n) is 11.8. The van der Waals surface area contributed by atoms with Gasteiger partial charge in [0.25, 0.3) is 0 Å². The minimum atomic E-state index is -0.306. The van der Waals surface area contributed by atoms with Gasteiger partial charge in [0, 0.05) is 16.8 Å². The summed E-state index contributed by atoms with van der Waals surface area (Å²) in [4.78, 5) is 0. The molecular formula is C30H32N2O4. The molecule has 0 unspecified atom stereocenters. The molecule has 0 aromatic heterocycles. The molecule has 36 heavy (non-hydrogen) atoms. The fraction of sp³-hybridized carbons (Fsp3) is 0.200. The second-order valence-electron chi connectivity index (χ2n) is 8.76. The molecule has 0 aliphatic carbocycles. The molecule has 6 heteroatoms. The van der Waals surface area contributed by atoms with E-state index in [1.165, 1.54) is 0 Å². The van der Waals surface area contributed by atoms with Crippen LogP contribution < -0.4 is 30.4 Å². The second-order valence-corrected chi connectivity index (χ2v) is 8.76.